The largest absolute Gasteiger partial charge is 0.418 e. The van der Waals surface area contributed by atoms with Crippen molar-refractivity contribution < 1.29 is 27.6 Å². The van der Waals surface area contributed by atoms with Gasteiger partial charge in [0.15, 0.2) is 0 Å². The molecule has 33 heavy (non-hydrogen) atoms. The number of alkyl halides is 3. The van der Waals surface area contributed by atoms with Gasteiger partial charge in [0.2, 0.25) is 5.91 Å². The summed E-state index contributed by atoms with van der Waals surface area (Å²) in [5.41, 5.74) is 5.44. The molecule has 0 aliphatic carbocycles. The van der Waals surface area contributed by atoms with Gasteiger partial charge < -0.3 is 11.1 Å². The molecule has 0 unspecified atom stereocenters. The van der Waals surface area contributed by atoms with Crippen molar-refractivity contribution in [2.45, 2.75) is 6.18 Å². The Morgan fingerprint density at radius 2 is 1.61 bits per heavy atom. The van der Waals surface area contributed by atoms with Crippen molar-refractivity contribution >= 4 is 29.1 Å². The molecule has 1 saturated heterocycles. The standard InChI is InChI=1S/C22H22F3N5O3/c23-22(24,25)15-5-1-2-7-17(15)27-18(31)12-28-8-10-29(11-9-28)13-30-20(32)14-4-3-6-16(26)19(14)21(30)33/h1-7H,8-13,26H2,(H,27,31). The first kappa shape index (κ1) is 22.7. The first-order valence-corrected chi connectivity index (χ1v) is 10.3. The van der Waals surface area contributed by atoms with Gasteiger partial charge in [-0.2, -0.15) is 13.2 Å². The van der Waals surface area contributed by atoms with Crippen LogP contribution in [-0.4, -0.2) is 71.8 Å². The average Bonchev–Trinajstić information content (AvgIpc) is 3.00. The zero-order chi connectivity index (χ0) is 23.8. The van der Waals surface area contributed by atoms with Crippen molar-refractivity contribution in [1.82, 2.24) is 14.7 Å². The van der Waals surface area contributed by atoms with Gasteiger partial charge >= 0.3 is 6.18 Å². The Balaban J connectivity index is 1.30. The van der Waals surface area contributed by atoms with E-state index in [9.17, 15) is 27.6 Å². The summed E-state index contributed by atoms with van der Waals surface area (Å²) >= 11 is 0. The molecule has 0 aromatic heterocycles. The summed E-state index contributed by atoms with van der Waals surface area (Å²) in [6.07, 6.45) is -4.57. The number of nitrogens with two attached hydrogens (primary N) is 1. The van der Waals surface area contributed by atoms with Gasteiger partial charge in [-0.05, 0) is 24.3 Å². The number of para-hydroxylation sites is 1. The number of halogens is 3. The Labute approximate surface area is 187 Å². The quantitative estimate of drug-likeness (QED) is 0.523. The fourth-order valence-corrected chi connectivity index (χ4v) is 4.01. The molecule has 1 fully saturated rings. The van der Waals surface area contributed by atoms with Gasteiger partial charge in [-0.15, -0.1) is 0 Å². The summed E-state index contributed by atoms with van der Waals surface area (Å²) in [6, 6.07) is 9.59. The lowest BCUT2D eigenvalue weighted by molar-refractivity contribution is -0.137. The van der Waals surface area contributed by atoms with E-state index in [0.717, 1.165) is 11.0 Å². The van der Waals surface area contributed by atoms with Crippen LogP contribution in [0.15, 0.2) is 42.5 Å². The number of benzene rings is 2. The number of fused-ring (bicyclic) bond motifs is 1. The minimum absolute atomic E-state index is 0.0659. The molecule has 3 N–H and O–H groups in total. The van der Waals surface area contributed by atoms with Gasteiger partial charge in [-0.1, -0.05) is 18.2 Å². The molecular weight excluding hydrogens is 439 g/mol. The zero-order valence-electron chi connectivity index (χ0n) is 17.6. The van der Waals surface area contributed by atoms with Crippen molar-refractivity contribution in [3.8, 4) is 0 Å². The molecule has 0 atom stereocenters. The summed E-state index contributed by atoms with van der Waals surface area (Å²) in [7, 11) is 0. The molecule has 0 radical (unpaired) electrons. The van der Waals surface area contributed by atoms with E-state index in [-0.39, 0.29) is 35.7 Å². The third kappa shape index (κ3) is 4.69. The van der Waals surface area contributed by atoms with Gasteiger partial charge in [-0.3, -0.25) is 29.1 Å². The van der Waals surface area contributed by atoms with E-state index in [2.05, 4.69) is 5.32 Å². The molecule has 2 aromatic carbocycles. The molecule has 8 nitrogen and oxygen atoms in total. The molecule has 11 heteroatoms. The second-order valence-electron chi connectivity index (χ2n) is 7.94. The molecule has 2 heterocycles. The van der Waals surface area contributed by atoms with Crippen LogP contribution in [0.5, 0.6) is 0 Å². The first-order valence-electron chi connectivity index (χ1n) is 10.3. The molecule has 0 saturated carbocycles. The van der Waals surface area contributed by atoms with E-state index in [4.69, 9.17) is 5.73 Å². The van der Waals surface area contributed by atoms with E-state index < -0.39 is 29.5 Å². The molecule has 0 bridgehead atoms. The fraction of sp³-hybridized carbons (Fsp3) is 0.318. The van der Waals surface area contributed by atoms with Crippen molar-refractivity contribution in [3.05, 3.63) is 59.2 Å². The number of carbonyl (C=O) groups is 3. The predicted octanol–water partition coefficient (Wildman–Crippen LogP) is 2.10. The Bertz CT molecular complexity index is 1100. The van der Waals surface area contributed by atoms with Crippen molar-refractivity contribution in [2.24, 2.45) is 0 Å². The van der Waals surface area contributed by atoms with Crippen LogP contribution in [0, 0.1) is 0 Å². The number of carbonyl (C=O) groups excluding carboxylic acids is 3. The Morgan fingerprint density at radius 1 is 0.939 bits per heavy atom. The minimum atomic E-state index is -4.57. The summed E-state index contributed by atoms with van der Waals surface area (Å²) in [6.45, 7) is 1.91. The predicted molar refractivity (Wildman–Crippen MR) is 114 cm³/mol. The highest BCUT2D eigenvalue weighted by atomic mass is 19.4. The van der Waals surface area contributed by atoms with Crippen LogP contribution in [0.4, 0.5) is 24.5 Å². The Morgan fingerprint density at radius 3 is 2.27 bits per heavy atom. The number of hydrogen-bond acceptors (Lipinski definition) is 6. The third-order valence-electron chi connectivity index (χ3n) is 5.71. The number of hydrogen-bond donors (Lipinski definition) is 2. The SMILES string of the molecule is Nc1cccc2c1C(=O)N(CN1CCN(CC(=O)Nc3ccccc3C(F)(F)F)CC1)C2=O. The highest BCUT2D eigenvalue weighted by Gasteiger charge is 2.38. The number of nitrogen functional groups attached to an aromatic ring is 1. The van der Waals surface area contributed by atoms with Crippen LogP contribution in [0.25, 0.3) is 0 Å². The van der Waals surface area contributed by atoms with Crippen LogP contribution in [0.3, 0.4) is 0 Å². The van der Waals surface area contributed by atoms with Gasteiger partial charge in [0.05, 0.1) is 35.6 Å². The molecule has 3 amide bonds. The topological polar surface area (TPSA) is 99.0 Å². The summed E-state index contributed by atoms with van der Waals surface area (Å²) < 4.78 is 39.3. The Kier molecular flexibility index (Phi) is 6.09. The number of rotatable bonds is 5. The number of nitrogens with one attached hydrogen (secondary N) is 1. The second kappa shape index (κ2) is 8.83. The molecule has 2 aliphatic heterocycles. The maximum absolute atomic E-state index is 13.1. The van der Waals surface area contributed by atoms with Gasteiger partial charge in [0, 0.05) is 31.9 Å². The zero-order valence-corrected chi connectivity index (χ0v) is 17.6. The molecule has 2 aromatic rings. The lowest BCUT2D eigenvalue weighted by Gasteiger charge is -2.35. The van der Waals surface area contributed by atoms with Gasteiger partial charge in [0.25, 0.3) is 11.8 Å². The van der Waals surface area contributed by atoms with Crippen LogP contribution in [0.2, 0.25) is 0 Å². The number of amides is 3. The Hall–Kier alpha value is -3.44. The molecule has 2 aliphatic rings. The minimum Gasteiger partial charge on any atom is -0.398 e. The van der Waals surface area contributed by atoms with E-state index in [1.54, 1.807) is 18.2 Å². The monoisotopic (exact) mass is 461 g/mol. The molecular formula is C22H22F3N5O3. The summed E-state index contributed by atoms with van der Waals surface area (Å²) in [5.74, 6) is -1.37. The van der Waals surface area contributed by atoms with Crippen LogP contribution in [-0.2, 0) is 11.0 Å². The highest BCUT2D eigenvalue weighted by Crippen LogP contribution is 2.34. The maximum Gasteiger partial charge on any atom is 0.418 e. The maximum atomic E-state index is 13.1. The van der Waals surface area contributed by atoms with Crippen molar-refractivity contribution in [1.29, 1.82) is 0 Å². The summed E-state index contributed by atoms with van der Waals surface area (Å²) in [4.78, 5) is 42.4. The van der Waals surface area contributed by atoms with Crippen LogP contribution in [0.1, 0.15) is 26.3 Å². The molecule has 174 valence electrons. The van der Waals surface area contributed by atoms with Crippen LogP contribution >= 0.6 is 0 Å². The lowest BCUT2D eigenvalue weighted by atomic mass is 10.1. The number of imide groups is 1. The number of nitrogens with zero attached hydrogens (tertiary/aromatic N) is 3. The highest BCUT2D eigenvalue weighted by molar-refractivity contribution is 6.23. The number of piperazine rings is 1. The molecule has 4 rings (SSSR count). The second-order valence-corrected chi connectivity index (χ2v) is 7.94. The average molecular weight is 461 g/mol. The lowest BCUT2D eigenvalue weighted by Crippen LogP contribution is -2.52. The van der Waals surface area contributed by atoms with Crippen LogP contribution < -0.4 is 11.1 Å². The van der Waals surface area contributed by atoms with Crippen molar-refractivity contribution in [3.63, 3.8) is 0 Å². The fourth-order valence-electron chi connectivity index (χ4n) is 4.01. The number of anilines is 2. The van der Waals surface area contributed by atoms with E-state index >= 15 is 0 Å². The third-order valence-corrected chi connectivity index (χ3v) is 5.71. The van der Waals surface area contributed by atoms with Gasteiger partial charge in [0.1, 0.15) is 0 Å². The van der Waals surface area contributed by atoms with E-state index in [1.807, 2.05) is 9.80 Å². The van der Waals surface area contributed by atoms with E-state index in [1.165, 1.54) is 18.2 Å². The van der Waals surface area contributed by atoms with Gasteiger partial charge in [-0.25, -0.2) is 0 Å². The van der Waals surface area contributed by atoms with E-state index in [0.29, 0.717) is 26.2 Å². The summed E-state index contributed by atoms with van der Waals surface area (Å²) in [5, 5.41) is 2.34. The van der Waals surface area contributed by atoms with Crippen molar-refractivity contribution in [2.75, 3.05) is 50.4 Å². The normalized spacial score (nSPS) is 17.4. The first-order chi connectivity index (χ1) is 15.6. The smallest absolute Gasteiger partial charge is 0.398 e. The molecule has 0 spiro atoms.